The number of thiocarbonyl (C=S) groups is 1. The maximum Gasteiger partial charge on any atom is 0.269 e. The summed E-state index contributed by atoms with van der Waals surface area (Å²) < 4.78 is 1.99. The zero-order chi connectivity index (χ0) is 26.6. The van der Waals surface area contributed by atoms with E-state index in [1.807, 2.05) is 77.2 Å². The molecule has 1 fully saturated rings. The third-order valence-electron chi connectivity index (χ3n) is 6.53. The molecule has 5 rings (SSSR count). The van der Waals surface area contributed by atoms with Gasteiger partial charge < -0.3 is 20.1 Å². The van der Waals surface area contributed by atoms with Crippen LogP contribution in [-0.2, 0) is 4.79 Å². The Balaban J connectivity index is 1.43. The first kappa shape index (κ1) is 25.1. The molecule has 2 aromatic carbocycles. The monoisotopic (exact) mass is 526 g/mol. The smallest absolute Gasteiger partial charge is 0.269 e. The summed E-state index contributed by atoms with van der Waals surface area (Å²) in [6.07, 6.45) is 3.89. The van der Waals surface area contributed by atoms with Crippen LogP contribution in [0.5, 0.6) is 0 Å². The largest absolute Gasteiger partial charge is 0.352 e. The summed E-state index contributed by atoms with van der Waals surface area (Å²) in [7, 11) is 0. The van der Waals surface area contributed by atoms with Crippen molar-refractivity contribution in [2.24, 2.45) is 0 Å². The van der Waals surface area contributed by atoms with Crippen molar-refractivity contribution in [2.45, 2.75) is 25.4 Å². The highest BCUT2D eigenvalue weighted by atomic mass is 32.1. The summed E-state index contributed by atoms with van der Waals surface area (Å²) >= 11 is 5.74. The third kappa shape index (κ3) is 5.25. The van der Waals surface area contributed by atoms with E-state index in [-0.39, 0.29) is 30.1 Å². The van der Waals surface area contributed by atoms with Crippen molar-refractivity contribution < 1.29 is 9.72 Å². The predicted molar refractivity (Wildman–Crippen MR) is 149 cm³/mol. The average Bonchev–Trinajstić information content (AvgIpc) is 3.53. The number of aryl methyl sites for hydroxylation is 1. The zero-order valence-electron chi connectivity index (χ0n) is 20.7. The number of pyridine rings is 1. The van der Waals surface area contributed by atoms with Crippen LogP contribution in [0.3, 0.4) is 0 Å². The lowest BCUT2D eigenvalue weighted by Crippen LogP contribution is -2.33. The van der Waals surface area contributed by atoms with E-state index in [0.717, 1.165) is 28.3 Å². The van der Waals surface area contributed by atoms with Crippen LogP contribution in [0.25, 0.3) is 5.69 Å². The van der Waals surface area contributed by atoms with Crippen LogP contribution in [0.1, 0.15) is 35.5 Å². The molecule has 2 aromatic heterocycles. The van der Waals surface area contributed by atoms with Gasteiger partial charge in [0, 0.05) is 54.6 Å². The molecule has 9 nitrogen and oxygen atoms in total. The Morgan fingerprint density at radius 2 is 1.84 bits per heavy atom. The number of aromatic nitrogens is 2. The van der Waals surface area contributed by atoms with E-state index in [4.69, 9.17) is 12.2 Å². The lowest BCUT2D eigenvalue weighted by Gasteiger charge is -2.28. The lowest BCUT2D eigenvalue weighted by molar-refractivity contribution is -0.384. The minimum absolute atomic E-state index is 0.0266. The molecule has 3 heterocycles. The molecule has 4 aromatic rings. The molecule has 1 amide bonds. The maximum atomic E-state index is 12.8. The van der Waals surface area contributed by atoms with Crippen molar-refractivity contribution in [3.05, 3.63) is 118 Å². The van der Waals surface area contributed by atoms with E-state index in [0.29, 0.717) is 11.7 Å². The Kier molecular flexibility index (Phi) is 7.14. The van der Waals surface area contributed by atoms with Crippen LogP contribution in [0, 0.1) is 17.0 Å². The highest BCUT2D eigenvalue weighted by Crippen LogP contribution is 2.39. The molecule has 1 aliphatic heterocycles. The lowest BCUT2D eigenvalue weighted by atomic mass is 10.0. The minimum atomic E-state index is -0.416. The quantitative estimate of drug-likeness (QED) is 0.187. The number of nitro groups is 1. The van der Waals surface area contributed by atoms with E-state index in [1.54, 1.807) is 18.3 Å². The number of hydrogen-bond donors (Lipinski definition) is 2. The highest BCUT2D eigenvalue weighted by Gasteiger charge is 2.41. The number of benzene rings is 2. The first-order valence-electron chi connectivity index (χ1n) is 12.2. The van der Waals surface area contributed by atoms with Gasteiger partial charge in [0.2, 0.25) is 5.91 Å². The number of carbonyl (C=O) groups excluding carboxylic acids is 1. The van der Waals surface area contributed by atoms with Crippen LogP contribution in [0.2, 0.25) is 0 Å². The fraction of sp³-hybridized carbons (Fsp3) is 0.179. The van der Waals surface area contributed by atoms with Crippen LogP contribution in [0.4, 0.5) is 11.4 Å². The van der Waals surface area contributed by atoms with Crippen molar-refractivity contribution in [1.82, 2.24) is 19.8 Å². The van der Waals surface area contributed by atoms with Crippen molar-refractivity contribution in [1.29, 1.82) is 0 Å². The average molecular weight is 527 g/mol. The maximum absolute atomic E-state index is 12.8. The second-order valence-electron chi connectivity index (χ2n) is 9.06. The fourth-order valence-electron chi connectivity index (χ4n) is 4.66. The minimum Gasteiger partial charge on any atom is -0.352 e. The van der Waals surface area contributed by atoms with Crippen molar-refractivity contribution in [2.75, 3.05) is 11.9 Å². The molecule has 2 N–H and O–H groups in total. The van der Waals surface area contributed by atoms with Crippen LogP contribution >= 0.6 is 12.2 Å². The van der Waals surface area contributed by atoms with Crippen LogP contribution in [-0.4, -0.2) is 36.9 Å². The summed E-state index contributed by atoms with van der Waals surface area (Å²) in [5.41, 5.74) is 4.42. The van der Waals surface area contributed by atoms with E-state index in [1.165, 1.54) is 12.1 Å². The standard InChI is InChI=1S/C28H26N6O3S/c1-19-7-9-20(10-8-19)30-25(35)15-18-33-27(26(31-28(33)38)23-5-2-3-16-29-23)24-6-4-17-32(24)21-11-13-22(14-12-21)34(36)37/h2-14,16-17,26-27H,15,18H2,1H3,(H,30,35)(H,31,38)/t26-,27+/m0/s1. The van der Waals surface area contributed by atoms with Gasteiger partial charge in [0.1, 0.15) is 0 Å². The number of anilines is 1. The van der Waals surface area contributed by atoms with E-state index < -0.39 is 4.92 Å². The molecule has 1 saturated heterocycles. The topological polar surface area (TPSA) is 105 Å². The number of amides is 1. The van der Waals surface area contributed by atoms with Crippen LogP contribution < -0.4 is 10.6 Å². The molecule has 0 unspecified atom stereocenters. The summed E-state index contributed by atoms with van der Waals surface area (Å²) in [6, 6.07) is 23.2. The van der Waals surface area contributed by atoms with Gasteiger partial charge in [-0.25, -0.2) is 0 Å². The summed E-state index contributed by atoms with van der Waals surface area (Å²) in [5.74, 6) is -0.109. The fourth-order valence-corrected chi connectivity index (χ4v) is 4.99. The molecule has 38 heavy (non-hydrogen) atoms. The van der Waals surface area contributed by atoms with Crippen molar-refractivity contribution in [3.8, 4) is 5.69 Å². The molecule has 192 valence electrons. The summed E-state index contributed by atoms with van der Waals surface area (Å²) in [6.45, 7) is 2.39. The molecule has 0 aliphatic carbocycles. The molecule has 2 atom stereocenters. The normalized spacial score (nSPS) is 16.8. The molecule has 10 heteroatoms. The van der Waals surface area contributed by atoms with Gasteiger partial charge in [-0.1, -0.05) is 23.8 Å². The molecule has 0 bridgehead atoms. The Hall–Kier alpha value is -4.57. The Morgan fingerprint density at radius 3 is 2.53 bits per heavy atom. The van der Waals surface area contributed by atoms with Gasteiger partial charge in [0.25, 0.3) is 5.69 Å². The number of non-ortho nitro benzene ring substituents is 1. The van der Waals surface area contributed by atoms with Crippen molar-refractivity contribution >= 4 is 34.6 Å². The Labute approximate surface area is 225 Å². The zero-order valence-corrected chi connectivity index (χ0v) is 21.5. The van der Waals surface area contributed by atoms with Crippen molar-refractivity contribution in [3.63, 3.8) is 0 Å². The molecular weight excluding hydrogens is 500 g/mol. The van der Waals surface area contributed by atoms with Gasteiger partial charge in [-0.2, -0.15) is 0 Å². The number of nitrogens with one attached hydrogen (secondary N) is 2. The van der Waals surface area contributed by atoms with Gasteiger partial charge in [0.15, 0.2) is 5.11 Å². The molecule has 0 radical (unpaired) electrons. The van der Waals surface area contributed by atoms with Gasteiger partial charge in [-0.05, 0) is 67.7 Å². The summed E-state index contributed by atoms with van der Waals surface area (Å²) in [4.78, 5) is 30.1. The number of carbonyl (C=O) groups is 1. The molecular formula is C28H26N6O3S. The van der Waals surface area contributed by atoms with Gasteiger partial charge in [-0.15, -0.1) is 0 Å². The van der Waals surface area contributed by atoms with E-state index in [2.05, 4.69) is 15.6 Å². The number of hydrogen-bond acceptors (Lipinski definition) is 5. The van der Waals surface area contributed by atoms with Gasteiger partial charge in [-0.3, -0.25) is 19.9 Å². The third-order valence-corrected chi connectivity index (χ3v) is 6.89. The first-order valence-corrected chi connectivity index (χ1v) is 12.6. The molecule has 0 saturated carbocycles. The van der Waals surface area contributed by atoms with E-state index in [9.17, 15) is 14.9 Å². The van der Waals surface area contributed by atoms with Gasteiger partial charge in [0.05, 0.1) is 22.7 Å². The Bertz CT molecular complexity index is 1450. The summed E-state index contributed by atoms with van der Waals surface area (Å²) in [5, 5.41) is 18.0. The second kappa shape index (κ2) is 10.8. The number of nitrogens with zero attached hydrogens (tertiary/aromatic N) is 4. The second-order valence-corrected chi connectivity index (χ2v) is 9.45. The first-order chi connectivity index (χ1) is 18.4. The van der Waals surface area contributed by atoms with E-state index >= 15 is 0 Å². The van der Waals surface area contributed by atoms with Gasteiger partial charge >= 0.3 is 0 Å². The Morgan fingerprint density at radius 1 is 1.08 bits per heavy atom. The molecule has 0 spiro atoms. The highest BCUT2D eigenvalue weighted by molar-refractivity contribution is 7.80. The SMILES string of the molecule is Cc1ccc(NC(=O)CCN2C(=S)N[C@@H](c3ccccn3)[C@H]2c2cccn2-c2ccc([N+](=O)[O-])cc2)cc1. The molecule has 1 aliphatic rings. The predicted octanol–water partition coefficient (Wildman–Crippen LogP) is 5.09. The number of nitro benzene ring substituents is 1. The number of rotatable bonds is 8. The van der Waals surface area contributed by atoms with Crippen LogP contribution in [0.15, 0.2) is 91.3 Å².